The van der Waals surface area contributed by atoms with E-state index >= 15 is 0 Å². The van der Waals surface area contributed by atoms with Crippen molar-refractivity contribution in [2.75, 3.05) is 7.11 Å². The van der Waals surface area contributed by atoms with Crippen molar-refractivity contribution in [2.24, 2.45) is 0 Å². The zero-order chi connectivity index (χ0) is 22.8. The van der Waals surface area contributed by atoms with Gasteiger partial charge in [-0.1, -0.05) is 47.5 Å². The van der Waals surface area contributed by atoms with Crippen LogP contribution in [0.5, 0.6) is 5.75 Å². The molecule has 1 atom stereocenters. The Morgan fingerprint density at radius 1 is 1.16 bits per heavy atom. The molecule has 1 amide bonds. The van der Waals surface area contributed by atoms with Crippen LogP contribution in [0.25, 0.3) is 5.76 Å². The van der Waals surface area contributed by atoms with E-state index in [4.69, 9.17) is 16.3 Å². The number of halogens is 1. The molecule has 4 rings (SSSR count). The van der Waals surface area contributed by atoms with E-state index in [1.54, 1.807) is 30.6 Å². The highest BCUT2D eigenvalue weighted by Crippen LogP contribution is 2.41. The summed E-state index contributed by atoms with van der Waals surface area (Å²) in [4.78, 5) is 31.7. The average Bonchev–Trinajstić information content (AvgIpc) is 3.04. The highest BCUT2D eigenvalue weighted by Gasteiger charge is 2.46. The molecule has 0 bridgehead atoms. The monoisotopic (exact) mass is 448 g/mol. The molecule has 7 heteroatoms. The van der Waals surface area contributed by atoms with Crippen LogP contribution in [0.4, 0.5) is 0 Å². The molecular weight excluding hydrogens is 428 g/mol. The summed E-state index contributed by atoms with van der Waals surface area (Å²) in [7, 11) is 1.49. The van der Waals surface area contributed by atoms with Gasteiger partial charge in [-0.05, 0) is 42.3 Å². The number of hydrogen-bond acceptors (Lipinski definition) is 5. The van der Waals surface area contributed by atoms with Crippen LogP contribution >= 0.6 is 11.6 Å². The molecule has 32 heavy (non-hydrogen) atoms. The van der Waals surface area contributed by atoms with E-state index in [1.165, 1.54) is 18.1 Å². The lowest BCUT2D eigenvalue weighted by Crippen LogP contribution is -2.29. The van der Waals surface area contributed by atoms with E-state index in [-0.39, 0.29) is 22.9 Å². The quantitative estimate of drug-likeness (QED) is 0.348. The number of pyridine rings is 1. The summed E-state index contributed by atoms with van der Waals surface area (Å²) in [6, 6.07) is 15.1. The molecule has 6 nitrogen and oxygen atoms in total. The summed E-state index contributed by atoms with van der Waals surface area (Å²) >= 11 is 6.22. The van der Waals surface area contributed by atoms with Gasteiger partial charge in [0.2, 0.25) is 0 Å². The SMILES string of the molecule is COc1ccc(/C(O)=C2\C(=O)C(=O)N(Cc3cccnc3)C2c2ccc(C)cc2)cc1Cl. The van der Waals surface area contributed by atoms with Crippen molar-refractivity contribution in [3.63, 3.8) is 0 Å². The van der Waals surface area contributed by atoms with Gasteiger partial charge in [-0.3, -0.25) is 14.6 Å². The first-order valence-corrected chi connectivity index (χ1v) is 10.4. The maximum absolute atomic E-state index is 13.1. The standard InChI is InChI=1S/C25H21ClN2O4/c1-15-5-7-17(8-6-15)22-21(23(29)18-9-10-20(32-2)19(26)12-18)24(30)25(31)28(22)14-16-4-3-11-27-13-16/h3-13,22,29H,14H2,1-2H3/b23-21+. The van der Waals surface area contributed by atoms with Gasteiger partial charge in [0.15, 0.2) is 0 Å². The predicted molar refractivity (Wildman–Crippen MR) is 121 cm³/mol. The Labute approximate surface area is 190 Å². The highest BCUT2D eigenvalue weighted by atomic mass is 35.5. The van der Waals surface area contributed by atoms with Crippen molar-refractivity contribution in [1.29, 1.82) is 0 Å². The molecule has 1 fully saturated rings. The van der Waals surface area contributed by atoms with Crippen molar-refractivity contribution in [3.05, 3.63) is 99.8 Å². The minimum absolute atomic E-state index is 0.0176. The number of methoxy groups -OCH3 is 1. The van der Waals surface area contributed by atoms with Gasteiger partial charge in [0.25, 0.3) is 11.7 Å². The highest BCUT2D eigenvalue weighted by molar-refractivity contribution is 6.46. The van der Waals surface area contributed by atoms with E-state index < -0.39 is 17.7 Å². The number of amides is 1. The van der Waals surface area contributed by atoms with Gasteiger partial charge in [0.1, 0.15) is 11.5 Å². The molecule has 1 aliphatic heterocycles. The summed E-state index contributed by atoms with van der Waals surface area (Å²) in [6.07, 6.45) is 3.29. The number of aliphatic hydroxyl groups excluding tert-OH is 1. The summed E-state index contributed by atoms with van der Waals surface area (Å²) < 4.78 is 5.16. The molecule has 0 spiro atoms. The Balaban J connectivity index is 1.86. The molecule has 1 saturated heterocycles. The normalized spacial score (nSPS) is 17.6. The molecule has 2 aromatic carbocycles. The molecule has 3 aromatic rings. The topological polar surface area (TPSA) is 79.7 Å². The Morgan fingerprint density at radius 2 is 1.91 bits per heavy atom. The first-order valence-electron chi connectivity index (χ1n) is 9.98. The van der Waals surface area contributed by atoms with Gasteiger partial charge >= 0.3 is 0 Å². The maximum atomic E-state index is 13.1. The summed E-state index contributed by atoms with van der Waals surface area (Å²) in [5, 5.41) is 11.4. The van der Waals surface area contributed by atoms with E-state index in [0.717, 1.165) is 16.7 Å². The molecule has 0 aliphatic carbocycles. The number of aryl methyl sites for hydroxylation is 1. The van der Waals surface area contributed by atoms with E-state index in [1.807, 2.05) is 37.3 Å². The average molecular weight is 449 g/mol. The van der Waals surface area contributed by atoms with Crippen molar-refractivity contribution < 1.29 is 19.4 Å². The summed E-state index contributed by atoms with van der Waals surface area (Å²) in [5.74, 6) is -1.27. The molecule has 1 aromatic heterocycles. The number of likely N-dealkylation sites (tertiary alicyclic amines) is 1. The Hall–Kier alpha value is -3.64. The first-order chi connectivity index (χ1) is 15.4. The van der Waals surface area contributed by atoms with Gasteiger partial charge < -0.3 is 14.7 Å². The predicted octanol–water partition coefficient (Wildman–Crippen LogP) is 4.67. The van der Waals surface area contributed by atoms with Crippen LogP contribution in [-0.4, -0.2) is 33.8 Å². The number of rotatable bonds is 5. The smallest absolute Gasteiger partial charge is 0.295 e. The Bertz CT molecular complexity index is 1210. The van der Waals surface area contributed by atoms with Gasteiger partial charge in [-0.15, -0.1) is 0 Å². The largest absolute Gasteiger partial charge is 0.507 e. The lowest BCUT2D eigenvalue weighted by molar-refractivity contribution is -0.140. The lowest BCUT2D eigenvalue weighted by atomic mass is 9.94. The second kappa shape index (κ2) is 8.85. The van der Waals surface area contributed by atoms with Crippen LogP contribution in [0.1, 0.15) is 28.3 Å². The third-order valence-corrected chi connectivity index (χ3v) is 5.73. The fourth-order valence-corrected chi connectivity index (χ4v) is 4.05. The third kappa shape index (κ3) is 3.97. The summed E-state index contributed by atoms with van der Waals surface area (Å²) in [6.45, 7) is 2.13. The van der Waals surface area contributed by atoms with Crippen molar-refractivity contribution in [2.45, 2.75) is 19.5 Å². The van der Waals surface area contributed by atoms with Crippen LogP contribution in [0, 0.1) is 6.92 Å². The van der Waals surface area contributed by atoms with Gasteiger partial charge in [0, 0.05) is 24.5 Å². The van der Waals surface area contributed by atoms with Gasteiger partial charge in [-0.25, -0.2) is 0 Å². The molecule has 1 N–H and O–H groups in total. The van der Waals surface area contributed by atoms with E-state index in [0.29, 0.717) is 11.3 Å². The number of nitrogens with zero attached hydrogens (tertiary/aromatic N) is 2. The number of carbonyl (C=O) groups excluding carboxylic acids is 2. The van der Waals surface area contributed by atoms with E-state index in [9.17, 15) is 14.7 Å². The fourth-order valence-electron chi connectivity index (χ4n) is 3.80. The number of aromatic nitrogens is 1. The molecule has 162 valence electrons. The second-order valence-electron chi connectivity index (χ2n) is 7.55. The van der Waals surface area contributed by atoms with Crippen LogP contribution in [0.15, 0.2) is 72.6 Å². The van der Waals surface area contributed by atoms with Crippen LogP contribution < -0.4 is 4.74 Å². The molecular formula is C25H21ClN2O4. The van der Waals surface area contributed by atoms with E-state index in [2.05, 4.69) is 4.98 Å². The fraction of sp³-hybridized carbons (Fsp3) is 0.160. The van der Waals surface area contributed by atoms with Crippen LogP contribution in [-0.2, 0) is 16.1 Å². The van der Waals surface area contributed by atoms with Crippen molar-refractivity contribution in [3.8, 4) is 5.75 Å². The molecule has 0 radical (unpaired) electrons. The zero-order valence-corrected chi connectivity index (χ0v) is 18.3. The van der Waals surface area contributed by atoms with Gasteiger partial charge in [0.05, 0.1) is 23.7 Å². The Morgan fingerprint density at radius 3 is 2.53 bits per heavy atom. The number of ether oxygens (including phenoxy) is 1. The first kappa shape index (κ1) is 21.6. The number of ketones is 1. The number of benzene rings is 2. The molecule has 2 heterocycles. The molecule has 1 unspecified atom stereocenters. The number of aliphatic hydroxyl groups is 1. The van der Waals surface area contributed by atoms with Crippen molar-refractivity contribution in [1.82, 2.24) is 9.88 Å². The Kier molecular flexibility index (Phi) is 5.97. The third-order valence-electron chi connectivity index (χ3n) is 5.43. The second-order valence-corrected chi connectivity index (χ2v) is 7.96. The van der Waals surface area contributed by atoms with Gasteiger partial charge in [-0.2, -0.15) is 0 Å². The van der Waals surface area contributed by atoms with Crippen LogP contribution in [0.2, 0.25) is 5.02 Å². The minimum Gasteiger partial charge on any atom is -0.507 e. The lowest BCUT2D eigenvalue weighted by Gasteiger charge is -2.25. The minimum atomic E-state index is -0.753. The zero-order valence-electron chi connectivity index (χ0n) is 17.6. The molecule has 0 saturated carbocycles. The van der Waals surface area contributed by atoms with Crippen LogP contribution in [0.3, 0.4) is 0 Å². The maximum Gasteiger partial charge on any atom is 0.295 e. The number of carbonyl (C=O) groups is 2. The number of Topliss-reactive ketones (excluding diaryl/α,β-unsaturated/α-hetero) is 1. The summed E-state index contributed by atoms with van der Waals surface area (Å²) in [5.41, 5.74) is 2.88. The molecule has 1 aliphatic rings. The van der Waals surface area contributed by atoms with Crippen molar-refractivity contribution >= 4 is 29.1 Å². The number of hydrogen-bond donors (Lipinski definition) is 1.